The molecule has 34 heavy (non-hydrogen) atoms. The fraction of sp³-hybridized carbons (Fsp3) is 0.519. The molecule has 2 aliphatic rings. The number of piperidine rings is 1. The van der Waals surface area contributed by atoms with Crippen LogP contribution in [0.4, 0.5) is 0 Å². The van der Waals surface area contributed by atoms with Crippen molar-refractivity contribution in [1.29, 1.82) is 0 Å². The number of para-hydroxylation sites is 1. The third kappa shape index (κ3) is 5.47. The minimum atomic E-state index is -3.42. The van der Waals surface area contributed by atoms with E-state index in [9.17, 15) is 13.2 Å². The van der Waals surface area contributed by atoms with Crippen LogP contribution in [0, 0.1) is 0 Å². The van der Waals surface area contributed by atoms with E-state index in [1.54, 1.807) is 23.5 Å². The van der Waals surface area contributed by atoms with Gasteiger partial charge in [-0.2, -0.15) is 4.31 Å². The molecular weight excluding hydrogens is 448 g/mol. The topological polar surface area (TPSA) is 75.7 Å². The Morgan fingerprint density at radius 3 is 2.32 bits per heavy atom. The third-order valence-corrected chi connectivity index (χ3v) is 9.29. The molecule has 1 N–H and O–H groups in total. The van der Waals surface area contributed by atoms with Crippen molar-refractivity contribution in [1.82, 2.24) is 9.62 Å². The maximum absolute atomic E-state index is 12.8. The van der Waals surface area contributed by atoms with Crippen LogP contribution in [0.3, 0.4) is 0 Å². The summed E-state index contributed by atoms with van der Waals surface area (Å²) in [6, 6.07) is 15.1. The van der Waals surface area contributed by atoms with E-state index in [0.717, 1.165) is 56.3 Å². The van der Waals surface area contributed by atoms with Gasteiger partial charge in [-0.3, -0.25) is 4.79 Å². The molecule has 2 aromatic carbocycles. The summed E-state index contributed by atoms with van der Waals surface area (Å²) in [5.74, 6) is 0.907. The number of carbonyl (C=O) groups is 1. The van der Waals surface area contributed by atoms with E-state index >= 15 is 0 Å². The number of benzene rings is 2. The molecule has 1 saturated heterocycles. The number of rotatable bonds is 9. The van der Waals surface area contributed by atoms with Crippen molar-refractivity contribution in [3.05, 3.63) is 59.7 Å². The van der Waals surface area contributed by atoms with Gasteiger partial charge >= 0.3 is 0 Å². The second-order valence-corrected chi connectivity index (χ2v) is 11.5. The number of hydrogen-bond acceptors (Lipinski definition) is 4. The van der Waals surface area contributed by atoms with Crippen molar-refractivity contribution in [3.63, 3.8) is 0 Å². The molecule has 0 radical (unpaired) electrons. The Balaban J connectivity index is 1.33. The van der Waals surface area contributed by atoms with Gasteiger partial charge in [-0.15, -0.1) is 0 Å². The molecule has 6 nitrogen and oxygen atoms in total. The minimum absolute atomic E-state index is 0.0196. The molecule has 0 unspecified atom stereocenters. The summed E-state index contributed by atoms with van der Waals surface area (Å²) >= 11 is 0. The zero-order chi connectivity index (χ0) is 24.0. The van der Waals surface area contributed by atoms with Crippen LogP contribution < -0.4 is 10.1 Å². The highest BCUT2D eigenvalue weighted by Crippen LogP contribution is 2.44. The lowest BCUT2D eigenvalue weighted by atomic mass is 9.78. The molecule has 7 heteroatoms. The molecule has 1 amide bonds. The Hall–Kier alpha value is -2.38. The molecule has 2 aromatic rings. The first-order valence-corrected chi connectivity index (χ1v) is 13.9. The summed E-state index contributed by atoms with van der Waals surface area (Å²) in [6.45, 7) is 1.81. The zero-order valence-corrected chi connectivity index (χ0v) is 20.9. The molecule has 1 heterocycles. The minimum Gasteiger partial charge on any atom is -0.496 e. The summed E-state index contributed by atoms with van der Waals surface area (Å²) in [7, 11) is -1.73. The maximum Gasteiger partial charge on any atom is 0.243 e. The molecule has 0 atom stereocenters. The Labute approximate surface area is 203 Å². The standard InChI is InChI=1S/C27H36N2O4S/c1-33-25-10-4-3-9-24(25)27(17-5-6-18-27)21-28-26(30)16-13-22-11-14-23(15-12-22)34(31,32)29-19-7-2-8-20-29/h3-4,9-12,14-15H,2,5-8,13,16-21H2,1H3,(H,28,30). The van der Waals surface area contributed by atoms with E-state index < -0.39 is 10.0 Å². The number of sulfonamides is 1. The molecule has 1 saturated carbocycles. The number of ether oxygens (including phenoxy) is 1. The number of nitrogens with one attached hydrogen (secondary N) is 1. The number of carbonyl (C=O) groups excluding carboxylic acids is 1. The number of hydrogen-bond donors (Lipinski definition) is 1. The Kier molecular flexibility index (Phi) is 7.94. The first-order valence-electron chi connectivity index (χ1n) is 12.4. The zero-order valence-electron chi connectivity index (χ0n) is 20.1. The average Bonchev–Trinajstić information content (AvgIpc) is 3.37. The Bertz CT molecular complexity index is 1070. The molecule has 4 rings (SSSR count). The van der Waals surface area contributed by atoms with E-state index in [4.69, 9.17) is 4.74 Å². The summed E-state index contributed by atoms with van der Waals surface area (Å²) < 4.78 is 32.8. The van der Waals surface area contributed by atoms with Crippen LogP contribution in [-0.2, 0) is 26.7 Å². The molecule has 0 spiro atoms. The number of methoxy groups -OCH3 is 1. The van der Waals surface area contributed by atoms with Crippen LogP contribution in [0.25, 0.3) is 0 Å². The predicted octanol–water partition coefficient (Wildman–Crippen LogP) is 4.43. The number of amides is 1. The van der Waals surface area contributed by atoms with Gasteiger partial charge in [0.15, 0.2) is 0 Å². The van der Waals surface area contributed by atoms with E-state index in [-0.39, 0.29) is 11.3 Å². The van der Waals surface area contributed by atoms with Gasteiger partial charge in [0.1, 0.15) is 5.75 Å². The van der Waals surface area contributed by atoms with E-state index in [1.807, 2.05) is 30.3 Å². The number of aryl methyl sites for hydroxylation is 1. The van der Waals surface area contributed by atoms with Gasteiger partial charge < -0.3 is 10.1 Å². The first kappa shape index (κ1) is 24.7. The van der Waals surface area contributed by atoms with Crippen molar-refractivity contribution in [2.24, 2.45) is 0 Å². The van der Waals surface area contributed by atoms with Gasteiger partial charge in [-0.05, 0) is 55.9 Å². The summed E-state index contributed by atoms with van der Waals surface area (Å²) in [5, 5.41) is 3.17. The molecule has 2 fully saturated rings. The smallest absolute Gasteiger partial charge is 0.243 e. The lowest BCUT2D eigenvalue weighted by Crippen LogP contribution is -2.39. The highest BCUT2D eigenvalue weighted by atomic mass is 32.2. The molecule has 0 aromatic heterocycles. The second kappa shape index (κ2) is 10.9. The molecule has 0 bridgehead atoms. The Morgan fingerprint density at radius 1 is 0.971 bits per heavy atom. The fourth-order valence-corrected chi connectivity index (χ4v) is 6.89. The quantitative estimate of drug-likeness (QED) is 0.571. The van der Waals surface area contributed by atoms with Gasteiger partial charge in [0.25, 0.3) is 0 Å². The summed E-state index contributed by atoms with van der Waals surface area (Å²) in [5.41, 5.74) is 2.07. The second-order valence-electron chi connectivity index (χ2n) is 9.57. The monoisotopic (exact) mass is 484 g/mol. The van der Waals surface area contributed by atoms with Gasteiger partial charge in [0.05, 0.1) is 12.0 Å². The van der Waals surface area contributed by atoms with Crippen LogP contribution in [0.5, 0.6) is 5.75 Å². The lowest BCUT2D eigenvalue weighted by molar-refractivity contribution is -0.121. The van der Waals surface area contributed by atoms with Gasteiger partial charge in [-0.25, -0.2) is 8.42 Å². The van der Waals surface area contributed by atoms with Gasteiger partial charge in [0.2, 0.25) is 15.9 Å². The van der Waals surface area contributed by atoms with Crippen molar-refractivity contribution in [3.8, 4) is 5.75 Å². The highest BCUT2D eigenvalue weighted by Gasteiger charge is 2.38. The molecule has 1 aliphatic carbocycles. The summed E-state index contributed by atoms with van der Waals surface area (Å²) in [6.07, 6.45) is 8.28. The highest BCUT2D eigenvalue weighted by molar-refractivity contribution is 7.89. The first-order chi connectivity index (χ1) is 16.4. The van der Waals surface area contributed by atoms with Crippen LogP contribution in [0.15, 0.2) is 53.4 Å². The van der Waals surface area contributed by atoms with Crippen molar-refractivity contribution < 1.29 is 17.9 Å². The maximum atomic E-state index is 12.8. The number of nitrogens with zero attached hydrogens (tertiary/aromatic N) is 1. The van der Waals surface area contributed by atoms with E-state index in [2.05, 4.69) is 11.4 Å². The third-order valence-electron chi connectivity index (χ3n) is 7.38. The predicted molar refractivity (Wildman–Crippen MR) is 134 cm³/mol. The lowest BCUT2D eigenvalue weighted by Gasteiger charge is -2.31. The van der Waals surface area contributed by atoms with Crippen LogP contribution >= 0.6 is 0 Å². The normalized spacial score (nSPS) is 18.5. The summed E-state index contributed by atoms with van der Waals surface area (Å²) in [4.78, 5) is 13.0. The SMILES string of the molecule is COc1ccccc1C1(CNC(=O)CCc2ccc(S(=O)(=O)N3CCCCC3)cc2)CCCC1. The van der Waals surface area contributed by atoms with E-state index in [0.29, 0.717) is 37.4 Å². The molecule has 1 aliphatic heterocycles. The van der Waals surface area contributed by atoms with Gasteiger partial charge in [-0.1, -0.05) is 49.6 Å². The molecular formula is C27H36N2O4S. The van der Waals surface area contributed by atoms with Crippen molar-refractivity contribution >= 4 is 15.9 Å². The van der Waals surface area contributed by atoms with Gasteiger partial charge in [0, 0.05) is 37.0 Å². The Morgan fingerprint density at radius 2 is 1.65 bits per heavy atom. The largest absolute Gasteiger partial charge is 0.496 e. The van der Waals surface area contributed by atoms with Crippen LogP contribution in [0.2, 0.25) is 0 Å². The van der Waals surface area contributed by atoms with Crippen molar-refractivity contribution in [2.75, 3.05) is 26.7 Å². The fourth-order valence-electron chi connectivity index (χ4n) is 5.37. The van der Waals surface area contributed by atoms with Crippen molar-refractivity contribution in [2.45, 2.75) is 68.1 Å². The van der Waals surface area contributed by atoms with Crippen LogP contribution in [-0.4, -0.2) is 45.4 Å². The van der Waals surface area contributed by atoms with Crippen LogP contribution in [0.1, 0.15) is 62.5 Å². The van der Waals surface area contributed by atoms with E-state index in [1.165, 1.54) is 5.56 Å². The molecule has 184 valence electrons. The average molecular weight is 485 g/mol.